The van der Waals surface area contributed by atoms with Gasteiger partial charge in [0.25, 0.3) is 5.91 Å². The van der Waals surface area contributed by atoms with E-state index in [1.165, 1.54) is 6.07 Å². The molecule has 1 aromatic carbocycles. The maximum atomic E-state index is 13.0. The number of benzene rings is 1. The third-order valence-corrected chi connectivity index (χ3v) is 3.35. The van der Waals surface area contributed by atoms with Crippen molar-refractivity contribution in [2.45, 2.75) is 25.3 Å². The first-order chi connectivity index (χ1) is 8.63. The minimum absolute atomic E-state index is 0.225. The molecule has 0 saturated heterocycles. The summed E-state index contributed by atoms with van der Waals surface area (Å²) in [5.41, 5.74) is 0.759. The Bertz CT molecular complexity index is 578. The summed E-state index contributed by atoms with van der Waals surface area (Å²) in [6.07, 6.45) is 3.12. The van der Waals surface area contributed by atoms with Crippen molar-refractivity contribution in [3.8, 4) is 0 Å². The molecule has 2 aromatic rings. The molecule has 0 atom stereocenters. The first-order valence-electron chi connectivity index (χ1n) is 5.92. The monoisotopic (exact) mass is 250 g/mol. The highest BCUT2D eigenvalue weighted by Gasteiger charge is 2.21. The lowest BCUT2D eigenvalue weighted by molar-refractivity contribution is 0.0912. The molecular weight excluding hydrogens is 238 g/mol. The SMILES string of the molecule is O=C(NC1CCC1)c1cc2cc(F)c(F)cc2[nH]1. The van der Waals surface area contributed by atoms with Crippen LogP contribution in [0.1, 0.15) is 29.8 Å². The summed E-state index contributed by atoms with van der Waals surface area (Å²) >= 11 is 0. The largest absolute Gasteiger partial charge is 0.350 e. The Hall–Kier alpha value is -1.91. The van der Waals surface area contributed by atoms with Crippen LogP contribution >= 0.6 is 0 Å². The van der Waals surface area contributed by atoms with E-state index < -0.39 is 11.6 Å². The second-order valence-electron chi connectivity index (χ2n) is 4.64. The van der Waals surface area contributed by atoms with E-state index in [1.54, 1.807) is 0 Å². The molecule has 0 radical (unpaired) electrons. The van der Waals surface area contributed by atoms with Crippen LogP contribution in [0.5, 0.6) is 0 Å². The fraction of sp³-hybridized carbons (Fsp3) is 0.308. The predicted molar refractivity (Wildman–Crippen MR) is 63.3 cm³/mol. The molecule has 3 nitrogen and oxygen atoms in total. The number of hydrogen-bond donors (Lipinski definition) is 2. The Morgan fingerprint density at radius 1 is 1.22 bits per heavy atom. The molecule has 0 aliphatic heterocycles. The summed E-state index contributed by atoms with van der Waals surface area (Å²) < 4.78 is 26.1. The summed E-state index contributed by atoms with van der Waals surface area (Å²) in [6, 6.07) is 3.91. The van der Waals surface area contributed by atoms with Crippen LogP contribution in [-0.4, -0.2) is 16.9 Å². The predicted octanol–water partition coefficient (Wildman–Crippen LogP) is 2.73. The Morgan fingerprint density at radius 3 is 2.61 bits per heavy atom. The molecule has 18 heavy (non-hydrogen) atoms. The molecule has 1 heterocycles. The van der Waals surface area contributed by atoms with Crippen LogP contribution in [0.3, 0.4) is 0 Å². The normalized spacial score (nSPS) is 15.7. The highest BCUT2D eigenvalue weighted by Crippen LogP contribution is 2.21. The van der Waals surface area contributed by atoms with Gasteiger partial charge in [-0.2, -0.15) is 0 Å². The van der Waals surface area contributed by atoms with E-state index in [9.17, 15) is 13.6 Å². The summed E-state index contributed by atoms with van der Waals surface area (Å²) in [4.78, 5) is 14.7. The maximum absolute atomic E-state index is 13.0. The molecule has 3 rings (SSSR count). The number of carbonyl (C=O) groups is 1. The van der Waals surface area contributed by atoms with E-state index in [1.807, 2.05) is 0 Å². The fourth-order valence-corrected chi connectivity index (χ4v) is 2.06. The second-order valence-corrected chi connectivity index (χ2v) is 4.64. The van der Waals surface area contributed by atoms with Crippen LogP contribution in [0.25, 0.3) is 10.9 Å². The van der Waals surface area contributed by atoms with Crippen molar-refractivity contribution in [2.24, 2.45) is 0 Å². The topological polar surface area (TPSA) is 44.9 Å². The molecule has 1 fully saturated rings. The zero-order valence-corrected chi connectivity index (χ0v) is 9.59. The summed E-state index contributed by atoms with van der Waals surface area (Å²) in [5.74, 6) is -2.06. The molecule has 1 aromatic heterocycles. The van der Waals surface area contributed by atoms with Gasteiger partial charge in [0.15, 0.2) is 11.6 Å². The van der Waals surface area contributed by atoms with E-state index >= 15 is 0 Å². The van der Waals surface area contributed by atoms with Gasteiger partial charge in [0.05, 0.1) is 0 Å². The minimum atomic E-state index is -0.921. The Balaban J connectivity index is 1.90. The number of carbonyl (C=O) groups excluding carboxylic acids is 1. The van der Waals surface area contributed by atoms with Crippen LogP contribution in [0.4, 0.5) is 8.78 Å². The maximum Gasteiger partial charge on any atom is 0.267 e. The van der Waals surface area contributed by atoms with Gasteiger partial charge < -0.3 is 10.3 Å². The van der Waals surface area contributed by atoms with Gasteiger partial charge >= 0.3 is 0 Å². The van der Waals surface area contributed by atoms with Gasteiger partial charge in [-0.05, 0) is 31.4 Å². The lowest BCUT2D eigenvalue weighted by atomic mass is 9.93. The number of halogens is 2. The Labute approximate surface area is 102 Å². The van der Waals surface area contributed by atoms with Crippen molar-refractivity contribution in [3.63, 3.8) is 0 Å². The van der Waals surface area contributed by atoms with Crippen molar-refractivity contribution in [1.29, 1.82) is 0 Å². The number of amides is 1. The Kier molecular flexibility index (Phi) is 2.54. The van der Waals surface area contributed by atoms with Crippen molar-refractivity contribution in [2.75, 3.05) is 0 Å². The molecule has 1 aliphatic carbocycles. The van der Waals surface area contributed by atoms with Gasteiger partial charge in [-0.3, -0.25) is 4.79 Å². The number of fused-ring (bicyclic) bond motifs is 1. The molecule has 2 N–H and O–H groups in total. The molecule has 5 heteroatoms. The number of aromatic amines is 1. The lowest BCUT2D eigenvalue weighted by Gasteiger charge is -2.25. The number of hydrogen-bond acceptors (Lipinski definition) is 1. The first kappa shape index (κ1) is 11.2. The zero-order chi connectivity index (χ0) is 12.7. The average molecular weight is 250 g/mol. The summed E-state index contributed by atoms with van der Waals surface area (Å²) in [6.45, 7) is 0. The molecule has 0 bridgehead atoms. The van der Waals surface area contributed by atoms with Crippen LogP contribution < -0.4 is 5.32 Å². The summed E-state index contributed by atoms with van der Waals surface area (Å²) in [7, 11) is 0. The molecular formula is C13H12F2N2O. The molecule has 1 saturated carbocycles. The van der Waals surface area contributed by atoms with Gasteiger partial charge in [0.2, 0.25) is 0 Å². The summed E-state index contributed by atoms with van der Waals surface area (Å²) in [5, 5.41) is 3.36. The highest BCUT2D eigenvalue weighted by molar-refractivity contribution is 5.98. The fourth-order valence-electron chi connectivity index (χ4n) is 2.06. The second kappa shape index (κ2) is 4.08. The van der Waals surface area contributed by atoms with E-state index in [0.717, 1.165) is 31.4 Å². The van der Waals surface area contributed by atoms with Crippen molar-refractivity contribution in [1.82, 2.24) is 10.3 Å². The first-order valence-corrected chi connectivity index (χ1v) is 5.92. The van der Waals surface area contributed by atoms with Crippen LogP contribution in [0.2, 0.25) is 0 Å². The number of rotatable bonds is 2. The van der Waals surface area contributed by atoms with Gasteiger partial charge in [0.1, 0.15) is 5.69 Å². The molecule has 1 amide bonds. The van der Waals surface area contributed by atoms with Crippen molar-refractivity contribution >= 4 is 16.8 Å². The highest BCUT2D eigenvalue weighted by atomic mass is 19.2. The molecule has 1 aliphatic rings. The van der Waals surface area contributed by atoms with E-state index in [0.29, 0.717) is 16.6 Å². The van der Waals surface area contributed by atoms with Gasteiger partial charge in [-0.1, -0.05) is 0 Å². The third-order valence-electron chi connectivity index (χ3n) is 3.35. The van der Waals surface area contributed by atoms with Crippen molar-refractivity contribution < 1.29 is 13.6 Å². The quantitative estimate of drug-likeness (QED) is 0.845. The van der Waals surface area contributed by atoms with Gasteiger partial charge in [-0.25, -0.2) is 8.78 Å². The third kappa shape index (κ3) is 1.85. The molecule has 0 unspecified atom stereocenters. The van der Waals surface area contributed by atoms with E-state index in [4.69, 9.17) is 0 Å². The van der Waals surface area contributed by atoms with E-state index in [2.05, 4.69) is 10.3 Å². The van der Waals surface area contributed by atoms with Crippen LogP contribution in [-0.2, 0) is 0 Å². The zero-order valence-electron chi connectivity index (χ0n) is 9.59. The number of aromatic nitrogens is 1. The Morgan fingerprint density at radius 2 is 1.94 bits per heavy atom. The molecule has 0 spiro atoms. The molecule has 94 valence electrons. The van der Waals surface area contributed by atoms with Gasteiger partial charge in [0, 0.05) is 23.0 Å². The smallest absolute Gasteiger partial charge is 0.267 e. The standard InChI is InChI=1S/C13H12F2N2O/c14-9-4-7-5-12(17-11(7)6-10(9)15)13(18)16-8-2-1-3-8/h4-6,8,17H,1-3H2,(H,16,18). The average Bonchev–Trinajstić information content (AvgIpc) is 2.67. The number of H-pyrrole nitrogens is 1. The van der Waals surface area contributed by atoms with Gasteiger partial charge in [-0.15, -0.1) is 0 Å². The number of nitrogens with one attached hydrogen (secondary N) is 2. The van der Waals surface area contributed by atoms with Crippen molar-refractivity contribution in [3.05, 3.63) is 35.5 Å². The van der Waals surface area contributed by atoms with E-state index in [-0.39, 0.29) is 11.9 Å². The van der Waals surface area contributed by atoms with Crippen LogP contribution in [0.15, 0.2) is 18.2 Å². The van der Waals surface area contributed by atoms with Crippen LogP contribution in [0, 0.1) is 11.6 Å². The lowest BCUT2D eigenvalue weighted by Crippen LogP contribution is -2.39. The minimum Gasteiger partial charge on any atom is -0.350 e.